The van der Waals surface area contributed by atoms with Crippen molar-refractivity contribution in [3.8, 4) is 17.1 Å². The molecule has 5 nitrogen and oxygen atoms in total. The molecule has 0 spiro atoms. The molecule has 5 heteroatoms. The quantitative estimate of drug-likeness (QED) is 0.937. The van der Waals surface area contributed by atoms with Crippen LogP contribution in [0, 0.1) is 5.92 Å². The van der Waals surface area contributed by atoms with Gasteiger partial charge in [0.1, 0.15) is 5.75 Å². The minimum Gasteiger partial charge on any atom is -0.497 e. The molecule has 1 N–H and O–H groups in total. The number of methoxy groups -OCH3 is 1. The summed E-state index contributed by atoms with van der Waals surface area (Å²) in [4.78, 5) is 4.43. The molecular weight excluding hydrogens is 268 g/mol. The number of aromatic nitrogens is 2. The van der Waals surface area contributed by atoms with Crippen molar-refractivity contribution in [2.24, 2.45) is 5.92 Å². The molecule has 0 radical (unpaired) electrons. The van der Waals surface area contributed by atoms with Gasteiger partial charge in [0.25, 0.3) is 0 Å². The van der Waals surface area contributed by atoms with E-state index in [1.165, 1.54) is 6.42 Å². The molecule has 1 aliphatic rings. The standard InChI is InChI=1S/C16H20N2O3/c1-20-13-8-6-11(7-9-13)16-17-15(21-18-16)10-12-4-2-3-5-14(12)19/h6-9,12,14,19H,2-5,10H2,1H3. The molecule has 3 rings (SSSR count). The minimum absolute atomic E-state index is 0.239. The van der Waals surface area contributed by atoms with Crippen LogP contribution in [-0.2, 0) is 6.42 Å². The molecule has 0 bridgehead atoms. The maximum atomic E-state index is 10.0. The lowest BCUT2D eigenvalue weighted by Crippen LogP contribution is -2.26. The molecule has 2 atom stereocenters. The van der Waals surface area contributed by atoms with Crippen molar-refractivity contribution in [1.29, 1.82) is 0 Å². The van der Waals surface area contributed by atoms with Crippen LogP contribution in [0.2, 0.25) is 0 Å². The Morgan fingerprint density at radius 3 is 2.71 bits per heavy atom. The highest BCUT2D eigenvalue weighted by Gasteiger charge is 2.25. The monoisotopic (exact) mass is 288 g/mol. The summed E-state index contributed by atoms with van der Waals surface area (Å²) in [7, 11) is 1.64. The van der Waals surface area contributed by atoms with E-state index in [0.29, 0.717) is 18.1 Å². The van der Waals surface area contributed by atoms with Gasteiger partial charge in [0.15, 0.2) is 0 Å². The van der Waals surface area contributed by atoms with Crippen LogP contribution in [0.15, 0.2) is 28.8 Å². The van der Waals surface area contributed by atoms with Gasteiger partial charge in [-0.1, -0.05) is 18.0 Å². The Morgan fingerprint density at radius 1 is 1.24 bits per heavy atom. The Balaban J connectivity index is 1.70. The van der Waals surface area contributed by atoms with Crippen LogP contribution >= 0.6 is 0 Å². The van der Waals surface area contributed by atoms with Gasteiger partial charge in [-0.15, -0.1) is 0 Å². The fourth-order valence-electron chi connectivity index (χ4n) is 2.85. The Morgan fingerprint density at radius 2 is 2.00 bits per heavy atom. The fraction of sp³-hybridized carbons (Fsp3) is 0.500. The van der Waals surface area contributed by atoms with Crippen LogP contribution in [-0.4, -0.2) is 28.5 Å². The van der Waals surface area contributed by atoms with E-state index in [0.717, 1.165) is 30.6 Å². The van der Waals surface area contributed by atoms with E-state index in [2.05, 4.69) is 10.1 Å². The van der Waals surface area contributed by atoms with Crippen molar-refractivity contribution in [1.82, 2.24) is 10.1 Å². The third-order valence-electron chi connectivity index (χ3n) is 4.12. The van der Waals surface area contributed by atoms with Crippen molar-refractivity contribution in [3.63, 3.8) is 0 Å². The number of aliphatic hydroxyl groups is 1. The van der Waals surface area contributed by atoms with Crippen molar-refractivity contribution < 1.29 is 14.4 Å². The largest absolute Gasteiger partial charge is 0.497 e. The zero-order valence-corrected chi connectivity index (χ0v) is 12.2. The Bertz CT molecular complexity index is 579. The summed E-state index contributed by atoms with van der Waals surface area (Å²) in [5.41, 5.74) is 0.898. The van der Waals surface area contributed by atoms with Crippen molar-refractivity contribution in [2.75, 3.05) is 7.11 Å². The molecule has 112 valence electrons. The van der Waals surface area contributed by atoms with Crippen LogP contribution in [0.5, 0.6) is 5.75 Å². The lowest BCUT2D eigenvalue weighted by molar-refractivity contribution is 0.0657. The molecule has 0 aliphatic heterocycles. The van der Waals surface area contributed by atoms with E-state index >= 15 is 0 Å². The number of aliphatic hydroxyl groups excluding tert-OH is 1. The highest BCUT2D eigenvalue weighted by Crippen LogP contribution is 2.28. The van der Waals surface area contributed by atoms with Gasteiger partial charge in [0, 0.05) is 12.0 Å². The van der Waals surface area contributed by atoms with Gasteiger partial charge in [-0.25, -0.2) is 0 Å². The van der Waals surface area contributed by atoms with Gasteiger partial charge in [0.05, 0.1) is 13.2 Å². The second-order valence-electron chi connectivity index (χ2n) is 5.56. The van der Waals surface area contributed by atoms with Gasteiger partial charge >= 0.3 is 0 Å². The second kappa shape index (κ2) is 6.26. The summed E-state index contributed by atoms with van der Waals surface area (Å²) in [6.07, 6.45) is 4.60. The number of nitrogens with zero attached hydrogens (tertiary/aromatic N) is 2. The zero-order valence-electron chi connectivity index (χ0n) is 12.2. The Labute approximate surface area is 123 Å². The maximum absolute atomic E-state index is 10.0. The molecule has 1 aromatic heterocycles. The number of rotatable bonds is 4. The topological polar surface area (TPSA) is 68.4 Å². The lowest BCUT2D eigenvalue weighted by atomic mass is 9.84. The highest BCUT2D eigenvalue weighted by atomic mass is 16.5. The first-order chi connectivity index (χ1) is 10.3. The smallest absolute Gasteiger partial charge is 0.227 e. The van der Waals surface area contributed by atoms with Crippen molar-refractivity contribution in [2.45, 2.75) is 38.2 Å². The summed E-state index contributed by atoms with van der Waals surface area (Å²) in [6.45, 7) is 0. The number of hydrogen-bond acceptors (Lipinski definition) is 5. The van der Waals surface area contributed by atoms with Crippen LogP contribution in [0.1, 0.15) is 31.6 Å². The van der Waals surface area contributed by atoms with Gasteiger partial charge < -0.3 is 14.4 Å². The first-order valence-corrected chi connectivity index (χ1v) is 7.41. The zero-order chi connectivity index (χ0) is 14.7. The minimum atomic E-state index is -0.241. The second-order valence-corrected chi connectivity index (χ2v) is 5.56. The van der Waals surface area contributed by atoms with E-state index in [9.17, 15) is 5.11 Å². The Kier molecular flexibility index (Phi) is 4.20. The van der Waals surface area contributed by atoms with Gasteiger partial charge in [0.2, 0.25) is 11.7 Å². The maximum Gasteiger partial charge on any atom is 0.227 e. The molecule has 0 amide bonds. The first kappa shape index (κ1) is 14.1. The number of hydrogen-bond donors (Lipinski definition) is 1. The molecule has 1 saturated carbocycles. The van der Waals surface area contributed by atoms with Crippen LogP contribution in [0.3, 0.4) is 0 Å². The van der Waals surface area contributed by atoms with Crippen LogP contribution < -0.4 is 4.74 Å². The number of ether oxygens (including phenoxy) is 1. The first-order valence-electron chi connectivity index (χ1n) is 7.41. The summed E-state index contributed by atoms with van der Waals surface area (Å²) >= 11 is 0. The molecule has 1 fully saturated rings. The summed E-state index contributed by atoms with van der Waals surface area (Å²) < 4.78 is 10.5. The van der Waals surface area contributed by atoms with E-state index in [1.54, 1.807) is 7.11 Å². The van der Waals surface area contributed by atoms with Crippen molar-refractivity contribution >= 4 is 0 Å². The fourth-order valence-corrected chi connectivity index (χ4v) is 2.85. The summed E-state index contributed by atoms with van der Waals surface area (Å²) in [5, 5.41) is 14.0. The molecule has 1 heterocycles. The van der Waals surface area contributed by atoms with E-state index < -0.39 is 0 Å². The van der Waals surface area contributed by atoms with Crippen LogP contribution in [0.25, 0.3) is 11.4 Å². The molecule has 2 aromatic rings. The lowest BCUT2D eigenvalue weighted by Gasteiger charge is -2.26. The van der Waals surface area contributed by atoms with E-state index in [1.807, 2.05) is 24.3 Å². The normalized spacial score (nSPS) is 22.2. The van der Waals surface area contributed by atoms with Gasteiger partial charge in [-0.2, -0.15) is 4.98 Å². The summed E-state index contributed by atoms with van der Waals surface area (Å²) in [5.74, 6) is 2.22. The van der Waals surface area contributed by atoms with Gasteiger partial charge in [-0.05, 0) is 43.0 Å². The third kappa shape index (κ3) is 3.24. The highest BCUT2D eigenvalue weighted by molar-refractivity contribution is 5.55. The van der Waals surface area contributed by atoms with Gasteiger partial charge in [-0.3, -0.25) is 0 Å². The molecule has 1 aromatic carbocycles. The number of benzene rings is 1. The predicted octanol–water partition coefficient (Wildman–Crippen LogP) is 2.84. The molecule has 1 aliphatic carbocycles. The SMILES string of the molecule is COc1ccc(-c2noc(CC3CCCCC3O)n2)cc1. The predicted molar refractivity (Wildman–Crippen MR) is 78.0 cm³/mol. The molecule has 21 heavy (non-hydrogen) atoms. The summed E-state index contributed by atoms with van der Waals surface area (Å²) in [6, 6.07) is 7.55. The van der Waals surface area contributed by atoms with Crippen LogP contribution in [0.4, 0.5) is 0 Å². The Hall–Kier alpha value is -1.88. The molecule has 0 saturated heterocycles. The van der Waals surface area contributed by atoms with Crippen molar-refractivity contribution in [3.05, 3.63) is 30.2 Å². The average molecular weight is 288 g/mol. The third-order valence-corrected chi connectivity index (χ3v) is 4.12. The molecular formula is C16H20N2O3. The average Bonchev–Trinajstić information content (AvgIpc) is 2.98. The molecule has 2 unspecified atom stereocenters. The van der Waals surface area contributed by atoms with E-state index in [-0.39, 0.29) is 12.0 Å². The van der Waals surface area contributed by atoms with E-state index in [4.69, 9.17) is 9.26 Å².